The summed E-state index contributed by atoms with van der Waals surface area (Å²) in [4.78, 5) is 0. The maximum absolute atomic E-state index is 2.37. The highest BCUT2D eigenvalue weighted by Gasteiger charge is 2.11. The molecule has 0 radical (unpaired) electrons. The van der Waals surface area contributed by atoms with E-state index in [0.717, 1.165) is 0 Å². The summed E-state index contributed by atoms with van der Waals surface area (Å²) in [7, 11) is 0. The van der Waals surface area contributed by atoms with Crippen molar-refractivity contribution in [2.45, 2.75) is 27.7 Å². The number of aryl methyl sites for hydroxylation is 4. The van der Waals surface area contributed by atoms with Crippen molar-refractivity contribution in [2.24, 2.45) is 0 Å². The van der Waals surface area contributed by atoms with Gasteiger partial charge in [-0.25, -0.2) is 0 Å². The van der Waals surface area contributed by atoms with Crippen LogP contribution in [0, 0.1) is 27.7 Å². The van der Waals surface area contributed by atoms with Gasteiger partial charge in [-0.05, 0) is 94.8 Å². The minimum atomic E-state index is 1.27. The van der Waals surface area contributed by atoms with Crippen LogP contribution in [0.5, 0.6) is 0 Å². The van der Waals surface area contributed by atoms with Gasteiger partial charge in [-0.2, -0.15) is 0 Å². The normalized spacial score (nSPS) is 11.3. The number of benzene rings is 5. The molecule has 5 aromatic rings. The van der Waals surface area contributed by atoms with Gasteiger partial charge in [-0.3, -0.25) is 0 Å². The van der Waals surface area contributed by atoms with Crippen LogP contribution in [0.4, 0.5) is 0 Å². The maximum Gasteiger partial charge on any atom is -0.00962 e. The fraction of sp³-hybridized carbons (Fsp3) is 0.133. The Morgan fingerprint density at radius 3 is 1.03 bits per heavy atom. The average Bonchev–Trinajstić information content (AvgIpc) is 2.78. The van der Waals surface area contributed by atoms with Crippen molar-refractivity contribution in [3.05, 3.63) is 107 Å². The average molecular weight is 387 g/mol. The lowest BCUT2D eigenvalue weighted by Crippen LogP contribution is -1.90. The van der Waals surface area contributed by atoms with Crippen molar-refractivity contribution in [1.29, 1.82) is 0 Å². The number of rotatable bonds is 2. The zero-order valence-electron chi connectivity index (χ0n) is 18.1. The molecule has 0 saturated heterocycles. The number of hydrogen-bond donors (Lipinski definition) is 0. The van der Waals surface area contributed by atoms with Gasteiger partial charge in [0, 0.05) is 0 Å². The number of hydrogen-bond acceptors (Lipinski definition) is 0. The van der Waals surface area contributed by atoms with E-state index in [1.54, 1.807) is 0 Å². The van der Waals surface area contributed by atoms with Gasteiger partial charge >= 0.3 is 0 Å². The van der Waals surface area contributed by atoms with Crippen molar-refractivity contribution in [1.82, 2.24) is 0 Å². The van der Waals surface area contributed by atoms with Crippen LogP contribution in [0.2, 0.25) is 0 Å². The van der Waals surface area contributed by atoms with Crippen molar-refractivity contribution in [3.8, 4) is 22.3 Å². The minimum absolute atomic E-state index is 1.27. The predicted octanol–water partition coefficient (Wildman–Crippen LogP) is 8.56. The van der Waals surface area contributed by atoms with E-state index in [9.17, 15) is 0 Å². The Labute approximate surface area is 178 Å². The molecule has 0 aliphatic heterocycles. The standard InChI is InChI=1S/C30H26/c1-19-5-9-23(10-6-19)25-13-15-27-21(3)22(4)28-16-14-26(18-30(28)29(27)17-25)24-11-7-20(2)8-12-24/h5-18H,1-4H3. The summed E-state index contributed by atoms with van der Waals surface area (Å²) >= 11 is 0. The molecule has 0 spiro atoms. The summed E-state index contributed by atoms with van der Waals surface area (Å²) in [6, 6.07) is 31.5. The molecule has 0 unspecified atom stereocenters. The van der Waals surface area contributed by atoms with Crippen LogP contribution < -0.4 is 0 Å². The Balaban J connectivity index is 1.79. The lowest BCUT2D eigenvalue weighted by Gasteiger charge is -2.15. The Kier molecular flexibility index (Phi) is 4.44. The molecule has 0 aromatic heterocycles. The van der Waals surface area contributed by atoms with E-state index in [4.69, 9.17) is 0 Å². The van der Waals surface area contributed by atoms with Gasteiger partial charge in [0.15, 0.2) is 0 Å². The zero-order chi connectivity index (χ0) is 20.8. The van der Waals surface area contributed by atoms with Crippen molar-refractivity contribution >= 4 is 21.5 Å². The van der Waals surface area contributed by atoms with Gasteiger partial charge in [-0.15, -0.1) is 0 Å². The van der Waals surface area contributed by atoms with E-state index < -0.39 is 0 Å². The van der Waals surface area contributed by atoms with Crippen LogP contribution in [-0.2, 0) is 0 Å². The third-order valence-electron chi connectivity index (χ3n) is 6.47. The van der Waals surface area contributed by atoms with Gasteiger partial charge in [0.25, 0.3) is 0 Å². The molecule has 0 aliphatic carbocycles. The fourth-order valence-electron chi connectivity index (χ4n) is 4.44. The highest BCUT2D eigenvalue weighted by molar-refractivity contribution is 6.12. The van der Waals surface area contributed by atoms with E-state index in [2.05, 4.69) is 113 Å². The van der Waals surface area contributed by atoms with Crippen LogP contribution in [0.3, 0.4) is 0 Å². The molecule has 5 rings (SSSR count). The minimum Gasteiger partial charge on any atom is -0.0587 e. The predicted molar refractivity (Wildman–Crippen MR) is 131 cm³/mol. The highest BCUT2D eigenvalue weighted by atomic mass is 14.2. The lowest BCUT2D eigenvalue weighted by molar-refractivity contribution is 1.41. The first kappa shape index (κ1) is 18.6. The lowest BCUT2D eigenvalue weighted by atomic mass is 9.89. The fourth-order valence-corrected chi connectivity index (χ4v) is 4.44. The van der Waals surface area contributed by atoms with Crippen molar-refractivity contribution < 1.29 is 0 Å². The van der Waals surface area contributed by atoms with Crippen LogP contribution in [-0.4, -0.2) is 0 Å². The van der Waals surface area contributed by atoms with Crippen LogP contribution in [0.15, 0.2) is 84.9 Å². The molecule has 0 atom stereocenters. The van der Waals surface area contributed by atoms with Crippen LogP contribution in [0.25, 0.3) is 43.8 Å². The topological polar surface area (TPSA) is 0 Å². The second-order valence-corrected chi connectivity index (χ2v) is 8.50. The Morgan fingerprint density at radius 2 is 0.667 bits per heavy atom. The largest absolute Gasteiger partial charge is 0.0587 e. The van der Waals surface area contributed by atoms with E-state index in [-0.39, 0.29) is 0 Å². The first-order valence-electron chi connectivity index (χ1n) is 10.6. The molecule has 0 saturated carbocycles. The Morgan fingerprint density at radius 1 is 0.333 bits per heavy atom. The molecule has 0 fully saturated rings. The third-order valence-corrected chi connectivity index (χ3v) is 6.47. The first-order valence-corrected chi connectivity index (χ1v) is 10.6. The first-order chi connectivity index (χ1) is 14.5. The molecule has 0 heteroatoms. The maximum atomic E-state index is 2.37. The smallest absolute Gasteiger partial charge is 0.00962 e. The quantitative estimate of drug-likeness (QED) is 0.267. The van der Waals surface area contributed by atoms with Gasteiger partial charge < -0.3 is 0 Å². The molecular weight excluding hydrogens is 360 g/mol. The molecule has 0 bridgehead atoms. The molecule has 0 N–H and O–H groups in total. The monoisotopic (exact) mass is 386 g/mol. The zero-order valence-corrected chi connectivity index (χ0v) is 18.1. The number of fused-ring (bicyclic) bond motifs is 3. The van der Waals surface area contributed by atoms with E-state index in [1.165, 1.54) is 66.1 Å². The Bertz CT molecular complexity index is 1270. The van der Waals surface area contributed by atoms with E-state index in [0.29, 0.717) is 0 Å². The summed E-state index contributed by atoms with van der Waals surface area (Å²) in [6.45, 7) is 8.76. The molecule has 0 heterocycles. The molecular formula is C30H26. The summed E-state index contributed by atoms with van der Waals surface area (Å²) in [5.74, 6) is 0. The molecule has 0 amide bonds. The molecule has 146 valence electrons. The second kappa shape index (κ2) is 7.15. The summed E-state index contributed by atoms with van der Waals surface area (Å²) < 4.78 is 0. The summed E-state index contributed by atoms with van der Waals surface area (Å²) in [6.07, 6.45) is 0. The molecule has 30 heavy (non-hydrogen) atoms. The summed E-state index contributed by atoms with van der Waals surface area (Å²) in [5.41, 5.74) is 10.4. The van der Waals surface area contributed by atoms with Crippen LogP contribution in [0.1, 0.15) is 22.3 Å². The van der Waals surface area contributed by atoms with Gasteiger partial charge in [0.1, 0.15) is 0 Å². The highest BCUT2D eigenvalue weighted by Crippen LogP contribution is 2.37. The van der Waals surface area contributed by atoms with Crippen molar-refractivity contribution in [2.75, 3.05) is 0 Å². The van der Waals surface area contributed by atoms with Gasteiger partial charge in [0.2, 0.25) is 0 Å². The SMILES string of the molecule is Cc1ccc(-c2ccc3c(C)c(C)c4ccc(-c5ccc(C)cc5)cc4c3c2)cc1. The summed E-state index contributed by atoms with van der Waals surface area (Å²) in [5, 5.41) is 5.36. The van der Waals surface area contributed by atoms with E-state index >= 15 is 0 Å². The third kappa shape index (κ3) is 3.09. The van der Waals surface area contributed by atoms with Gasteiger partial charge in [0.05, 0.1) is 0 Å². The van der Waals surface area contributed by atoms with Crippen LogP contribution >= 0.6 is 0 Å². The molecule has 0 aliphatic rings. The van der Waals surface area contributed by atoms with E-state index in [1.807, 2.05) is 0 Å². The Hall–Kier alpha value is -3.38. The molecule has 5 aromatic carbocycles. The van der Waals surface area contributed by atoms with Crippen molar-refractivity contribution in [3.63, 3.8) is 0 Å². The second-order valence-electron chi connectivity index (χ2n) is 8.50. The molecule has 0 nitrogen and oxygen atoms in total. The van der Waals surface area contributed by atoms with Gasteiger partial charge in [-0.1, -0.05) is 83.9 Å².